The van der Waals surface area contributed by atoms with Crippen molar-refractivity contribution in [2.24, 2.45) is 0 Å². The number of sulfonamides is 1. The maximum Gasteiger partial charge on any atom is 0.269 e. The van der Waals surface area contributed by atoms with Crippen molar-refractivity contribution in [1.29, 1.82) is 0 Å². The van der Waals surface area contributed by atoms with E-state index in [1.54, 1.807) is 31.2 Å². The first-order valence-corrected chi connectivity index (χ1v) is 10.2. The number of nitrogens with zero attached hydrogens (tertiary/aromatic N) is 2. The molecule has 0 N–H and O–H groups in total. The molecular weight excluding hydrogens is 360 g/mol. The van der Waals surface area contributed by atoms with Crippen LogP contribution in [0.1, 0.15) is 22.1 Å². The Balaban J connectivity index is 1.96. The number of non-ortho nitro benzene ring substituents is 1. The number of benzene rings is 2. The van der Waals surface area contributed by atoms with Crippen molar-refractivity contribution in [2.75, 3.05) is 12.3 Å². The predicted octanol–water partition coefficient (Wildman–Crippen LogP) is 3.65. The van der Waals surface area contributed by atoms with Crippen molar-refractivity contribution in [1.82, 2.24) is 4.31 Å². The highest BCUT2D eigenvalue weighted by Gasteiger charge is 2.37. The number of nitro groups is 1. The summed E-state index contributed by atoms with van der Waals surface area (Å²) in [6, 6.07) is 11.4. The highest BCUT2D eigenvalue weighted by molar-refractivity contribution is 8.01. The van der Waals surface area contributed by atoms with Crippen molar-refractivity contribution >= 4 is 27.5 Å². The van der Waals surface area contributed by atoms with Crippen LogP contribution in [0, 0.1) is 24.0 Å². The summed E-state index contributed by atoms with van der Waals surface area (Å²) in [6.45, 7) is 4.14. The summed E-state index contributed by atoms with van der Waals surface area (Å²) < 4.78 is 27.7. The minimum absolute atomic E-state index is 0.00414. The number of nitro benzene ring substituents is 1. The van der Waals surface area contributed by atoms with Gasteiger partial charge in [0.05, 0.1) is 15.2 Å². The molecule has 1 saturated heterocycles. The van der Waals surface area contributed by atoms with Crippen LogP contribution < -0.4 is 0 Å². The summed E-state index contributed by atoms with van der Waals surface area (Å²) in [6.07, 6.45) is 0. The first-order chi connectivity index (χ1) is 11.8. The predicted molar refractivity (Wildman–Crippen MR) is 98.1 cm³/mol. The number of aryl methyl sites for hydroxylation is 2. The lowest BCUT2D eigenvalue weighted by molar-refractivity contribution is -0.384. The lowest BCUT2D eigenvalue weighted by Crippen LogP contribution is -2.31. The molecule has 1 aliphatic heterocycles. The SMILES string of the molecule is Cc1ccc(S(=O)(=O)N2CCSC2c2ccc([N+](=O)[O-])cc2)c(C)c1. The molecule has 0 bridgehead atoms. The molecule has 1 aliphatic rings. The third-order valence-corrected chi connectivity index (χ3v) is 7.57. The minimum Gasteiger partial charge on any atom is -0.258 e. The zero-order valence-corrected chi connectivity index (χ0v) is 15.5. The van der Waals surface area contributed by atoms with E-state index in [2.05, 4.69) is 0 Å². The van der Waals surface area contributed by atoms with Gasteiger partial charge in [-0.25, -0.2) is 8.42 Å². The van der Waals surface area contributed by atoms with Gasteiger partial charge in [0.2, 0.25) is 10.0 Å². The van der Waals surface area contributed by atoms with E-state index >= 15 is 0 Å². The van der Waals surface area contributed by atoms with Crippen molar-refractivity contribution in [3.05, 3.63) is 69.3 Å². The molecule has 2 aromatic rings. The Morgan fingerprint density at radius 2 is 1.84 bits per heavy atom. The van der Waals surface area contributed by atoms with Crippen LogP contribution in [-0.2, 0) is 10.0 Å². The quantitative estimate of drug-likeness (QED) is 0.599. The van der Waals surface area contributed by atoms with E-state index in [1.807, 2.05) is 13.0 Å². The lowest BCUT2D eigenvalue weighted by atomic mass is 10.2. The van der Waals surface area contributed by atoms with E-state index < -0.39 is 14.9 Å². The van der Waals surface area contributed by atoms with Crippen LogP contribution in [0.15, 0.2) is 47.4 Å². The van der Waals surface area contributed by atoms with Gasteiger partial charge in [0.15, 0.2) is 0 Å². The topological polar surface area (TPSA) is 80.5 Å². The van der Waals surface area contributed by atoms with Gasteiger partial charge in [-0.1, -0.05) is 17.7 Å². The summed E-state index contributed by atoms with van der Waals surface area (Å²) in [5.41, 5.74) is 2.48. The number of thioether (sulfide) groups is 1. The molecular formula is C17H18N2O4S2. The van der Waals surface area contributed by atoms with E-state index in [0.717, 1.165) is 16.7 Å². The molecule has 0 aromatic heterocycles. The Kier molecular flexibility index (Phi) is 4.86. The molecule has 132 valence electrons. The zero-order valence-electron chi connectivity index (χ0n) is 13.9. The van der Waals surface area contributed by atoms with E-state index in [1.165, 1.54) is 28.2 Å². The minimum atomic E-state index is -3.63. The Hall–Kier alpha value is -1.90. The fourth-order valence-electron chi connectivity index (χ4n) is 2.94. The standard InChI is InChI=1S/C17H18N2O4S2/c1-12-3-8-16(13(2)11-12)25(22,23)18-9-10-24-17(18)14-4-6-15(7-5-14)19(20)21/h3-8,11,17H,9-10H2,1-2H3. The number of hydrogen-bond donors (Lipinski definition) is 0. The van der Waals surface area contributed by atoms with E-state index in [4.69, 9.17) is 0 Å². The third kappa shape index (κ3) is 3.42. The van der Waals surface area contributed by atoms with E-state index in [9.17, 15) is 18.5 Å². The molecule has 0 aliphatic carbocycles. The largest absolute Gasteiger partial charge is 0.269 e. The van der Waals surface area contributed by atoms with Crippen LogP contribution >= 0.6 is 11.8 Å². The van der Waals surface area contributed by atoms with Gasteiger partial charge in [-0.3, -0.25) is 10.1 Å². The summed E-state index contributed by atoms with van der Waals surface area (Å²) in [4.78, 5) is 10.7. The first-order valence-electron chi connectivity index (χ1n) is 7.76. The number of hydrogen-bond acceptors (Lipinski definition) is 5. The van der Waals surface area contributed by atoms with Crippen LogP contribution in [-0.4, -0.2) is 29.9 Å². The van der Waals surface area contributed by atoms with Crippen molar-refractivity contribution in [2.45, 2.75) is 24.1 Å². The fraction of sp³-hybridized carbons (Fsp3) is 0.294. The van der Waals surface area contributed by atoms with Crippen LogP contribution in [0.25, 0.3) is 0 Å². The van der Waals surface area contributed by atoms with Gasteiger partial charge < -0.3 is 0 Å². The average molecular weight is 378 g/mol. The van der Waals surface area contributed by atoms with Crippen molar-refractivity contribution in [3.63, 3.8) is 0 Å². The maximum atomic E-state index is 13.1. The highest BCUT2D eigenvalue weighted by atomic mass is 32.2. The molecule has 0 saturated carbocycles. The molecule has 0 spiro atoms. The smallest absolute Gasteiger partial charge is 0.258 e. The molecule has 1 fully saturated rings. The molecule has 1 atom stereocenters. The van der Waals surface area contributed by atoms with E-state index in [-0.39, 0.29) is 11.1 Å². The molecule has 8 heteroatoms. The molecule has 1 unspecified atom stereocenters. The maximum absolute atomic E-state index is 13.1. The molecule has 1 heterocycles. The molecule has 6 nitrogen and oxygen atoms in total. The van der Waals surface area contributed by atoms with Crippen molar-refractivity contribution in [3.8, 4) is 0 Å². The first kappa shape index (κ1) is 17.9. The van der Waals surface area contributed by atoms with Crippen LogP contribution in [0.4, 0.5) is 5.69 Å². The Bertz CT molecular complexity index is 911. The number of rotatable bonds is 4. The van der Waals surface area contributed by atoms with Crippen LogP contribution in [0.2, 0.25) is 0 Å². The van der Waals surface area contributed by atoms with E-state index in [0.29, 0.717) is 17.2 Å². The van der Waals surface area contributed by atoms with Gasteiger partial charge in [0, 0.05) is 24.4 Å². The van der Waals surface area contributed by atoms with Gasteiger partial charge in [0.25, 0.3) is 5.69 Å². The lowest BCUT2D eigenvalue weighted by Gasteiger charge is -2.24. The van der Waals surface area contributed by atoms with Crippen LogP contribution in [0.3, 0.4) is 0 Å². The molecule has 2 aromatic carbocycles. The Labute approximate surface area is 151 Å². The fourth-order valence-corrected chi connectivity index (χ4v) is 6.39. The normalized spacial score (nSPS) is 18.4. The zero-order chi connectivity index (χ0) is 18.2. The van der Waals surface area contributed by atoms with Gasteiger partial charge >= 0.3 is 0 Å². The second-order valence-corrected chi connectivity index (χ2v) is 9.00. The second-order valence-electron chi connectivity index (χ2n) is 5.96. The van der Waals surface area contributed by atoms with Gasteiger partial charge in [0.1, 0.15) is 0 Å². The second kappa shape index (κ2) is 6.78. The van der Waals surface area contributed by atoms with Gasteiger partial charge in [-0.05, 0) is 43.2 Å². The third-order valence-electron chi connectivity index (χ3n) is 4.16. The van der Waals surface area contributed by atoms with Crippen LogP contribution in [0.5, 0.6) is 0 Å². The Morgan fingerprint density at radius 3 is 2.44 bits per heavy atom. The van der Waals surface area contributed by atoms with Gasteiger partial charge in [-0.2, -0.15) is 4.31 Å². The molecule has 0 amide bonds. The average Bonchev–Trinajstić information content (AvgIpc) is 3.05. The summed E-state index contributed by atoms with van der Waals surface area (Å²) >= 11 is 1.53. The molecule has 25 heavy (non-hydrogen) atoms. The van der Waals surface area contributed by atoms with Crippen molar-refractivity contribution < 1.29 is 13.3 Å². The summed E-state index contributed by atoms with van der Waals surface area (Å²) in [7, 11) is -3.63. The monoisotopic (exact) mass is 378 g/mol. The highest BCUT2D eigenvalue weighted by Crippen LogP contribution is 2.42. The summed E-state index contributed by atoms with van der Waals surface area (Å²) in [5, 5.41) is 10.4. The molecule has 0 radical (unpaired) electrons. The van der Waals surface area contributed by atoms with Gasteiger partial charge in [-0.15, -0.1) is 11.8 Å². The summed E-state index contributed by atoms with van der Waals surface area (Å²) in [5.74, 6) is 0.686. The Morgan fingerprint density at radius 1 is 1.16 bits per heavy atom. The molecule has 3 rings (SSSR count).